The Morgan fingerprint density at radius 3 is 2.90 bits per heavy atom. The molecule has 0 saturated heterocycles. The number of anilines is 1. The molecule has 1 atom stereocenters. The van der Waals surface area contributed by atoms with E-state index in [1.165, 1.54) is 5.56 Å². The fourth-order valence-electron chi connectivity index (χ4n) is 4.10. The molecule has 0 bridgehead atoms. The van der Waals surface area contributed by atoms with Crippen LogP contribution in [0.25, 0.3) is 0 Å². The number of benzene rings is 1. The second-order valence-corrected chi connectivity index (χ2v) is 8.14. The molecule has 0 spiro atoms. The van der Waals surface area contributed by atoms with Crippen LogP contribution >= 0.6 is 0 Å². The molecule has 0 radical (unpaired) electrons. The highest BCUT2D eigenvalue weighted by atomic mass is 16.5. The molecule has 1 unspecified atom stereocenters. The fourth-order valence-corrected chi connectivity index (χ4v) is 4.10. The Hall–Kier alpha value is -2.83. The first-order chi connectivity index (χ1) is 15.0. The normalized spacial score (nSPS) is 17.1. The van der Waals surface area contributed by atoms with Crippen LogP contribution in [-0.4, -0.2) is 44.2 Å². The molecule has 2 heterocycles. The lowest BCUT2D eigenvalue weighted by Gasteiger charge is -2.28. The van der Waals surface area contributed by atoms with Crippen LogP contribution in [0.15, 0.2) is 39.7 Å². The largest absolute Gasteiger partial charge is 0.497 e. The Morgan fingerprint density at radius 1 is 1.39 bits per heavy atom. The number of carbonyl (C=O) groups excluding carboxylic acids is 1. The Bertz CT molecular complexity index is 903. The van der Waals surface area contributed by atoms with E-state index in [0.717, 1.165) is 60.9 Å². The third-order valence-corrected chi connectivity index (χ3v) is 6.02. The van der Waals surface area contributed by atoms with Crippen LogP contribution in [0.3, 0.4) is 0 Å². The van der Waals surface area contributed by atoms with E-state index in [9.17, 15) is 4.79 Å². The number of hydrogen-bond donors (Lipinski definition) is 2. The van der Waals surface area contributed by atoms with Crippen molar-refractivity contribution in [2.45, 2.75) is 53.4 Å². The minimum absolute atomic E-state index is 0.119. The van der Waals surface area contributed by atoms with Crippen molar-refractivity contribution < 1.29 is 9.53 Å². The molecule has 1 aromatic carbocycles. The van der Waals surface area contributed by atoms with Gasteiger partial charge in [-0.3, -0.25) is 9.79 Å². The summed E-state index contributed by atoms with van der Waals surface area (Å²) in [7, 11) is 1.69. The number of aliphatic imine (C=N–C) groups is 2. The molecule has 0 fully saturated rings. The molecule has 7 heteroatoms. The lowest BCUT2D eigenvalue weighted by molar-refractivity contribution is -0.115. The highest BCUT2D eigenvalue weighted by Crippen LogP contribution is 2.34. The lowest BCUT2D eigenvalue weighted by atomic mass is 10.0. The number of methoxy groups -OCH3 is 1. The maximum absolute atomic E-state index is 12.7. The monoisotopic (exact) mass is 425 g/mol. The average Bonchev–Trinajstić information content (AvgIpc) is 3.20. The zero-order valence-corrected chi connectivity index (χ0v) is 19.4. The molecular formula is C24H35N5O2. The van der Waals surface area contributed by atoms with Crippen molar-refractivity contribution >= 4 is 23.0 Å². The minimum atomic E-state index is -0.119. The second-order valence-electron chi connectivity index (χ2n) is 8.14. The number of ether oxygens (including phenoxy) is 1. The predicted octanol–water partition coefficient (Wildman–Crippen LogP) is 3.65. The van der Waals surface area contributed by atoms with E-state index in [4.69, 9.17) is 9.73 Å². The number of allylic oxidation sites excluding steroid dienone is 1. The van der Waals surface area contributed by atoms with Crippen molar-refractivity contribution in [1.82, 2.24) is 10.6 Å². The number of carbonyl (C=O) groups is 1. The van der Waals surface area contributed by atoms with Crippen LogP contribution in [0.2, 0.25) is 0 Å². The number of hydrogen-bond acceptors (Lipinski definition) is 6. The fraction of sp³-hybridized carbons (Fsp3) is 0.542. The molecule has 31 heavy (non-hydrogen) atoms. The van der Waals surface area contributed by atoms with E-state index in [0.29, 0.717) is 24.8 Å². The van der Waals surface area contributed by atoms with Gasteiger partial charge in [0.15, 0.2) is 0 Å². The summed E-state index contributed by atoms with van der Waals surface area (Å²) in [5, 5.41) is 6.43. The molecule has 1 aromatic rings. The van der Waals surface area contributed by atoms with Crippen LogP contribution in [0.4, 0.5) is 5.69 Å². The van der Waals surface area contributed by atoms with Gasteiger partial charge >= 0.3 is 0 Å². The lowest BCUT2D eigenvalue weighted by Crippen LogP contribution is -2.37. The number of amides is 1. The van der Waals surface area contributed by atoms with Crippen molar-refractivity contribution in [3.05, 3.63) is 35.3 Å². The molecule has 7 nitrogen and oxygen atoms in total. The third-order valence-electron chi connectivity index (χ3n) is 6.02. The van der Waals surface area contributed by atoms with Gasteiger partial charge in [0.1, 0.15) is 29.6 Å². The average molecular weight is 426 g/mol. The molecule has 2 aliphatic heterocycles. The molecule has 0 aromatic heterocycles. The smallest absolute Gasteiger partial charge is 0.265 e. The Kier molecular flexibility index (Phi) is 7.71. The van der Waals surface area contributed by atoms with Gasteiger partial charge in [0.2, 0.25) is 0 Å². The van der Waals surface area contributed by atoms with Gasteiger partial charge in [-0.25, -0.2) is 4.99 Å². The van der Waals surface area contributed by atoms with Gasteiger partial charge < -0.3 is 20.3 Å². The molecule has 168 valence electrons. The van der Waals surface area contributed by atoms with Crippen molar-refractivity contribution in [3.63, 3.8) is 0 Å². The summed E-state index contributed by atoms with van der Waals surface area (Å²) < 4.78 is 5.37. The van der Waals surface area contributed by atoms with E-state index in [1.54, 1.807) is 14.0 Å². The highest BCUT2D eigenvalue weighted by molar-refractivity contribution is 6.38. The first kappa shape index (κ1) is 22.8. The maximum Gasteiger partial charge on any atom is 0.265 e. The summed E-state index contributed by atoms with van der Waals surface area (Å²) in [4.78, 5) is 24.1. The summed E-state index contributed by atoms with van der Waals surface area (Å²) in [6.45, 7) is 10.1. The second kappa shape index (κ2) is 10.5. The number of nitrogens with one attached hydrogen (secondary N) is 2. The first-order valence-corrected chi connectivity index (χ1v) is 11.3. The zero-order valence-electron chi connectivity index (χ0n) is 19.4. The van der Waals surface area contributed by atoms with Crippen molar-refractivity contribution in [2.75, 3.05) is 31.8 Å². The van der Waals surface area contributed by atoms with Crippen LogP contribution in [0.1, 0.15) is 52.5 Å². The maximum atomic E-state index is 12.7. The topological polar surface area (TPSA) is 78.3 Å². The summed E-state index contributed by atoms with van der Waals surface area (Å²) >= 11 is 0. The van der Waals surface area contributed by atoms with E-state index in [-0.39, 0.29) is 5.91 Å². The number of nitrogens with zero attached hydrogens (tertiary/aromatic N) is 3. The minimum Gasteiger partial charge on any atom is -0.497 e. The molecule has 1 amide bonds. The van der Waals surface area contributed by atoms with Gasteiger partial charge in [-0.1, -0.05) is 26.7 Å². The van der Waals surface area contributed by atoms with Crippen molar-refractivity contribution in [1.29, 1.82) is 0 Å². The van der Waals surface area contributed by atoms with Gasteiger partial charge in [-0.05, 0) is 56.4 Å². The van der Waals surface area contributed by atoms with Crippen LogP contribution < -0.4 is 20.3 Å². The molecule has 2 aliphatic rings. The van der Waals surface area contributed by atoms with Gasteiger partial charge in [0.05, 0.1) is 12.8 Å². The van der Waals surface area contributed by atoms with Crippen LogP contribution in [-0.2, 0) is 11.2 Å². The van der Waals surface area contributed by atoms with E-state index in [1.807, 2.05) is 13.0 Å². The first-order valence-electron chi connectivity index (χ1n) is 11.3. The Morgan fingerprint density at radius 2 is 2.19 bits per heavy atom. The Labute approximate surface area is 185 Å². The Balaban J connectivity index is 1.84. The quantitative estimate of drug-likeness (QED) is 0.592. The van der Waals surface area contributed by atoms with Gasteiger partial charge in [0, 0.05) is 18.8 Å². The standard InChI is InChI=1S/C24H35N5O2/c1-6-8-18(7-2)14-25-24(30)17(4)28-22-16(3)26-15-27-23(22)29-12-11-19-13-20(31-5)9-10-21(19)29/h9-10,13,18,27H,6-8,11-12,14-15H2,1-5H3,(H,25,30)/b28-17+. The number of rotatable bonds is 9. The summed E-state index contributed by atoms with van der Waals surface area (Å²) in [6, 6.07) is 6.14. The summed E-state index contributed by atoms with van der Waals surface area (Å²) in [5.41, 5.74) is 4.39. The highest BCUT2D eigenvalue weighted by Gasteiger charge is 2.27. The molecule has 2 N–H and O–H groups in total. The van der Waals surface area contributed by atoms with Crippen LogP contribution in [0.5, 0.6) is 5.75 Å². The van der Waals surface area contributed by atoms with E-state index < -0.39 is 0 Å². The van der Waals surface area contributed by atoms with Crippen molar-refractivity contribution in [2.24, 2.45) is 15.9 Å². The van der Waals surface area contributed by atoms with Gasteiger partial charge in [-0.15, -0.1) is 0 Å². The molecular weight excluding hydrogens is 390 g/mol. The van der Waals surface area contributed by atoms with E-state index in [2.05, 4.69) is 46.5 Å². The predicted molar refractivity (Wildman–Crippen MR) is 127 cm³/mol. The van der Waals surface area contributed by atoms with E-state index >= 15 is 0 Å². The molecule has 3 rings (SSSR count). The zero-order chi connectivity index (χ0) is 22.4. The van der Waals surface area contributed by atoms with Gasteiger partial charge in [0.25, 0.3) is 5.91 Å². The van der Waals surface area contributed by atoms with Gasteiger partial charge in [-0.2, -0.15) is 0 Å². The van der Waals surface area contributed by atoms with Crippen molar-refractivity contribution in [3.8, 4) is 5.75 Å². The summed E-state index contributed by atoms with van der Waals surface area (Å²) in [6.07, 6.45) is 4.24. The molecule has 0 saturated carbocycles. The van der Waals surface area contributed by atoms with Crippen LogP contribution in [0, 0.1) is 5.92 Å². The third kappa shape index (κ3) is 5.27. The SMILES string of the molecule is CCCC(CC)CNC(=O)/C(C)=N/C1=C(N2CCc3cc(OC)ccc32)NCN=C1C. The molecule has 0 aliphatic carbocycles. The number of fused-ring (bicyclic) bond motifs is 1. The summed E-state index contributed by atoms with van der Waals surface area (Å²) in [5.74, 6) is 2.16.